The minimum Gasteiger partial charge on any atom is -0.330 e. The Morgan fingerprint density at radius 2 is 1.79 bits per heavy atom. The Balaban J connectivity index is 2.43. The van der Waals surface area contributed by atoms with E-state index in [1.54, 1.807) is 0 Å². The fourth-order valence-corrected chi connectivity index (χ4v) is 1.66. The molecule has 0 bridgehead atoms. The molecule has 2 N–H and O–H groups in total. The summed E-state index contributed by atoms with van der Waals surface area (Å²) >= 11 is 0. The average Bonchev–Trinajstić information content (AvgIpc) is 2.19. The van der Waals surface area contributed by atoms with Gasteiger partial charge in [-0.3, -0.25) is 0 Å². The molecule has 1 heteroatoms. The average molecular weight is 191 g/mol. The molecule has 1 unspecified atom stereocenters. The summed E-state index contributed by atoms with van der Waals surface area (Å²) in [6, 6.07) is 8.86. The lowest BCUT2D eigenvalue weighted by atomic mass is 9.95. The number of nitrogens with two attached hydrogens (primary N) is 1. The van der Waals surface area contributed by atoms with Gasteiger partial charge in [0.05, 0.1) is 0 Å². The molecule has 0 heterocycles. The highest BCUT2D eigenvalue weighted by molar-refractivity contribution is 5.23. The van der Waals surface area contributed by atoms with Crippen LogP contribution in [0.4, 0.5) is 0 Å². The predicted octanol–water partition coefficient (Wildman–Crippen LogP) is 3.23. The van der Waals surface area contributed by atoms with Crippen LogP contribution in [0, 0.1) is 6.92 Å². The van der Waals surface area contributed by atoms with Crippen molar-refractivity contribution in [2.75, 3.05) is 6.54 Å². The Hall–Kier alpha value is -0.820. The molecule has 0 amide bonds. The molecular weight excluding hydrogens is 170 g/mol. The molecule has 1 rings (SSSR count). The van der Waals surface area contributed by atoms with E-state index in [1.807, 2.05) is 0 Å². The van der Waals surface area contributed by atoms with E-state index in [0.29, 0.717) is 5.92 Å². The third-order valence-corrected chi connectivity index (χ3v) is 2.74. The van der Waals surface area contributed by atoms with E-state index < -0.39 is 0 Å². The molecule has 1 aromatic carbocycles. The molecule has 0 saturated carbocycles. The minimum atomic E-state index is 0.669. The second-order valence-electron chi connectivity index (χ2n) is 4.10. The fourth-order valence-electron chi connectivity index (χ4n) is 1.66. The number of unbranched alkanes of at least 4 members (excludes halogenated alkanes) is 1. The molecule has 0 aliphatic heterocycles. The molecule has 78 valence electrons. The molecule has 1 nitrogen and oxygen atoms in total. The van der Waals surface area contributed by atoms with Crippen LogP contribution in [0.3, 0.4) is 0 Å². The van der Waals surface area contributed by atoms with Gasteiger partial charge in [0.1, 0.15) is 0 Å². The second kappa shape index (κ2) is 5.82. The first-order valence-electron chi connectivity index (χ1n) is 5.50. The first kappa shape index (κ1) is 11.3. The van der Waals surface area contributed by atoms with Gasteiger partial charge in [-0.25, -0.2) is 0 Å². The highest BCUT2D eigenvalue weighted by Gasteiger charge is 2.03. The maximum absolute atomic E-state index is 5.47. The summed E-state index contributed by atoms with van der Waals surface area (Å²) < 4.78 is 0. The van der Waals surface area contributed by atoms with E-state index >= 15 is 0 Å². The third-order valence-electron chi connectivity index (χ3n) is 2.74. The Morgan fingerprint density at radius 3 is 2.36 bits per heavy atom. The molecule has 0 aromatic heterocycles. The number of rotatable bonds is 5. The van der Waals surface area contributed by atoms with Crippen molar-refractivity contribution in [3.05, 3.63) is 35.4 Å². The number of hydrogen-bond donors (Lipinski definition) is 1. The van der Waals surface area contributed by atoms with Crippen LogP contribution in [-0.4, -0.2) is 6.54 Å². The van der Waals surface area contributed by atoms with E-state index in [4.69, 9.17) is 5.73 Å². The Kier molecular flexibility index (Phi) is 4.68. The fraction of sp³-hybridized carbons (Fsp3) is 0.538. The maximum atomic E-state index is 5.47. The zero-order valence-electron chi connectivity index (χ0n) is 9.29. The van der Waals surface area contributed by atoms with Gasteiger partial charge in [-0.05, 0) is 37.8 Å². The predicted molar refractivity (Wildman–Crippen MR) is 62.5 cm³/mol. The highest BCUT2D eigenvalue weighted by atomic mass is 14.5. The monoisotopic (exact) mass is 191 g/mol. The van der Waals surface area contributed by atoms with Gasteiger partial charge < -0.3 is 5.73 Å². The molecule has 0 fully saturated rings. The van der Waals surface area contributed by atoms with Crippen molar-refractivity contribution in [3.63, 3.8) is 0 Å². The van der Waals surface area contributed by atoms with Crippen LogP contribution >= 0.6 is 0 Å². The van der Waals surface area contributed by atoms with Gasteiger partial charge in [0.2, 0.25) is 0 Å². The molecule has 0 radical (unpaired) electrons. The Bertz CT molecular complexity index is 250. The van der Waals surface area contributed by atoms with Crippen LogP contribution in [-0.2, 0) is 0 Å². The van der Waals surface area contributed by atoms with Crippen molar-refractivity contribution in [1.29, 1.82) is 0 Å². The molecule has 0 aliphatic rings. The van der Waals surface area contributed by atoms with Crippen molar-refractivity contribution in [2.24, 2.45) is 5.73 Å². The van der Waals surface area contributed by atoms with Crippen molar-refractivity contribution in [2.45, 2.75) is 39.0 Å². The molecule has 0 saturated heterocycles. The topological polar surface area (TPSA) is 26.0 Å². The van der Waals surface area contributed by atoms with E-state index in [2.05, 4.69) is 38.1 Å². The second-order valence-corrected chi connectivity index (χ2v) is 4.10. The SMILES string of the molecule is Cc1ccc(C(C)CCCCN)cc1. The van der Waals surface area contributed by atoms with Crippen molar-refractivity contribution >= 4 is 0 Å². The summed E-state index contributed by atoms with van der Waals surface area (Å²) in [7, 11) is 0. The van der Waals surface area contributed by atoms with Crippen LogP contribution in [0.2, 0.25) is 0 Å². The third kappa shape index (κ3) is 3.51. The number of benzene rings is 1. The van der Waals surface area contributed by atoms with Crippen molar-refractivity contribution < 1.29 is 0 Å². The largest absolute Gasteiger partial charge is 0.330 e. The van der Waals surface area contributed by atoms with Crippen LogP contribution in [0.5, 0.6) is 0 Å². The van der Waals surface area contributed by atoms with Gasteiger partial charge in [-0.15, -0.1) is 0 Å². The van der Waals surface area contributed by atoms with E-state index in [1.165, 1.54) is 24.0 Å². The quantitative estimate of drug-likeness (QED) is 0.710. The minimum absolute atomic E-state index is 0.669. The molecule has 1 atom stereocenters. The van der Waals surface area contributed by atoms with Gasteiger partial charge in [-0.1, -0.05) is 43.2 Å². The summed E-state index contributed by atoms with van der Waals surface area (Å²) in [6.07, 6.45) is 3.64. The lowest BCUT2D eigenvalue weighted by Crippen LogP contribution is -2.00. The van der Waals surface area contributed by atoms with Crippen LogP contribution < -0.4 is 5.73 Å². The van der Waals surface area contributed by atoms with Crippen molar-refractivity contribution in [1.82, 2.24) is 0 Å². The lowest BCUT2D eigenvalue weighted by molar-refractivity contribution is 0.609. The van der Waals surface area contributed by atoms with Gasteiger partial charge in [0, 0.05) is 0 Å². The number of aryl methyl sites for hydroxylation is 1. The van der Waals surface area contributed by atoms with Crippen LogP contribution in [0.25, 0.3) is 0 Å². The van der Waals surface area contributed by atoms with Crippen LogP contribution in [0.1, 0.15) is 43.2 Å². The molecular formula is C13H21N. The van der Waals surface area contributed by atoms with Gasteiger partial charge in [0.25, 0.3) is 0 Å². The summed E-state index contributed by atoms with van der Waals surface area (Å²) in [5.74, 6) is 0.669. The normalized spacial score (nSPS) is 12.8. The van der Waals surface area contributed by atoms with E-state index in [9.17, 15) is 0 Å². The Labute approximate surface area is 87.3 Å². The van der Waals surface area contributed by atoms with Crippen molar-refractivity contribution in [3.8, 4) is 0 Å². The zero-order valence-corrected chi connectivity index (χ0v) is 9.29. The van der Waals surface area contributed by atoms with Gasteiger partial charge in [0.15, 0.2) is 0 Å². The van der Waals surface area contributed by atoms with E-state index in [-0.39, 0.29) is 0 Å². The van der Waals surface area contributed by atoms with E-state index in [0.717, 1.165) is 13.0 Å². The lowest BCUT2D eigenvalue weighted by Gasteiger charge is -2.11. The first-order chi connectivity index (χ1) is 6.74. The standard InChI is InChI=1S/C13H21N/c1-11-6-8-13(9-7-11)12(2)5-3-4-10-14/h6-9,12H,3-5,10,14H2,1-2H3. The molecule has 1 aromatic rings. The highest BCUT2D eigenvalue weighted by Crippen LogP contribution is 2.21. The van der Waals surface area contributed by atoms with Gasteiger partial charge >= 0.3 is 0 Å². The summed E-state index contributed by atoms with van der Waals surface area (Å²) in [6.45, 7) is 5.24. The Morgan fingerprint density at radius 1 is 1.14 bits per heavy atom. The summed E-state index contributed by atoms with van der Waals surface area (Å²) in [5, 5.41) is 0. The van der Waals surface area contributed by atoms with Crippen LogP contribution in [0.15, 0.2) is 24.3 Å². The first-order valence-corrected chi connectivity index (χ1v) is 5.50. The maximum Gasteiger partial charge on any atom is -0.00773 e. The molecule has 0 aliphatic carbocycles. The summed E-state index contributed by atoms with van der Waals surface area (Å²) in [4.78, 5) is 0. The molecule has 0 spiro atoms. The van der Waals surface area contributed by atoms with Gasteiger partial charge in [-0.2, -0.15) is 0 Å². The zero-order chi connectivity index (χ0) is 10.4. The summed E-state index contributed by atoms with van der Waals surface area (Å²) in [5.41, 5.74) is 8.26. The molecule has 14 heavy (non-hydrogen) atoms. The smallest absolute Gasteiger partial charge is 0.00773 e. The number of hydrogen-bond acceptors (Lipinski definition) is 1.